The van der Waals surface area contributed by atoms with Crippen LogP contribution in [0.15, 0.2) is 42.7 Å². The van der Waals surface area contributed by atoms with E-state index < -0.39 is 5.54 Å². The number of aromatic nitrogens is 5. The van der Waals surface area contributed by atoms with Gasteiger partial charge in [-0.3, -0.25) is 4.98 Å². The van der Waals surface area contributed by atoms with Crippen LogP contribution >= 0.6 is 11.5 Å². The summed E-state index contributed by atoms with van der Waals surface area (Å²) < 4.78 is 4.27. The Bertz CT molecular complexity index is 1350. The van der Waals surface area contributed by atoms with Crippen LogP contribution in [0.4, 0.5) is 0 Å². The highest BCUT2D eigenvalue weighted by atomic mass is 32.1. The van der Waals surface area contributed by atoms with E-state index in [0.717, 1.165) is 26.9 Å². The minimum Gasteiger partial charge on any atom is -0.390 e. The average Bonchev–Trinajstić information content (AvgIpc) is 3.45. The predicted octanol–water partition coefficient (Wildman–Crippen LogP) is 3.65. The molecule has 8 nitrogen and oxygen atoms in total. The van der Waals surface area contributed by atoms with Gasteiger partial charge in [0.15, 0.2) is 0 Å². The normalized spacial score (nSPS) is 20.2. The molecule has 4 aromatic rings. The van der Waals surface area contributed by atoms with Crippen LogP contribution in [0.3, 0.4) is 0 Å². The van der Waals surface area contributed by atoms with Gasteiger partial charge >= 0.3 is 0 Å². The Morgan fingerprint density at radius 2 is 2.13 bits per heavy atom. The first-order chi connectivity index (χ1) is 15.2. The maximum absolute atomic E-state index is 9.36. The highest BCUT2D eigenvalue weighted by Gasteiger charge is 2.48. The van der Waals surface area contributed by atoms with Crippen LogP contribution in [0, 0.1) is 28.6 Å². The second-order valence-corrected chi connectivity index (χ2v) is 8.55. The molecule has 5 rings (SSSR count). The second-order valence-electron chi connectivity index (χ2n) is 7.75. The lowest BCUT2D eigenvalue weighted by Crippen LogP contribution is -2.47. The second kappa shape index (κ2) is 7.55. The molecule has 1 fully saturated rings. The first-order valence-corrected chi connectivity index (χ1v) is 10.6. The van der Waals surface area contributed by atoms with E-state index in [9.17, 15) is 15.6 Å². The Balaban J connectivity index is 1.61. The van der Waals surface area contributed by atoms with Crippen molar-refractivity contribution in [3.05, 3.63) is 48.4 Å². The summed E-state index contributed by atoms with van der Waals surface area (Å²) in [5.74, 6) is -0.0665. The Hall–Kier alpha value is -3.66. The van der Waals surface area contributed by atoms with Crippen molar-refractivity contribution in [1.29, 1.82) is 10.5 Å². The molecule has 0 unspecified atom stereocenters. The van der Waals surface area contributed by atoms with Crippen molar-refractivity contribution in [1.82, 2.24) is 24.4 Å². The predicted molar refractivity (Wildman–Crippen MR) is 114 cm³/mol. The fourth-order valence-corrected chi connectivity index (χ4v) is 4.89. The zero-order chi connectivity index (χ0) is 21.4. The summed E-state index contributed by atoms with van der Waals surface area (Å²) in [4.78, 5) is 7.06. The molecular weight excluding hydrogens is 410 g/mol. The molecule has 3 heterocycles. The molecule has 1 aromatic carbocycles. The monoisotopic (exact) mass is 427 g/mol. The largest absolute Gasteiger partial charge is 0.390 e. The number of aliphatic hydroxyl groups is 1. The minimum absolute atomic E-state index is 0.0665. The van der Waals surface area contributed by atoms with Crippen molar-refractivity contribution in [2.75, 3.05) is 0 Å². The summed E-state index contributed by atoms with van der Waals surface area (Å²) in [5, 5.41) is 38.0. The molecule has 0 bridgehead atoms. The maximum atomic E-state index is 9.36. The highest BCUT2D eigenvalue weighted by molar-refractivity contribution is 7.09. The van der Waals surface area contributed by atoms with Crippen LogP contribution in [-0.4, -0.2) is 29.5 Å². The summed E-state index contributed by atoms with van der Waals surface area (Å²) in [6, 6.07) is 14.3. The van der Waals surface area contributed by atoms with Gasteiger partial charge in [0.1, 0.15) is 5.69 Å². The highest BCUT2D eigenvalue weighted by Crippen LogP contribution is 2.45. The molecule has 1 aliphatic carbocycles. The topological polar surface area (TPSA) is 124 Å². The van der Waals surface area contributed by atoms with Crippen molar-refractivity contribution in [3.63, 3.8) is 0 Å². The van der Waals surface area contributed by atoms with E-state index >= 15 is 0 Å². The molecular formula is C22H17N7OS. The molecule has 1 aliphatic rings. The maximum Gasteiger partial charge on any atom is 0.113 e. The molecule has 9 heteroatoms. The summed E-state index contributed by atoms with van der Waals surface area (Å²) in [6.07, 6.45) is 4.89. The zero-order valence-corrected chi connectivity index (χ0v) is 17.2. The van der Waals surface area contributed by atoms with E-state index in [-0.39, 0.29) is 18.9 Å². The number of nitrogens with zero attached hydrogens (tertiary/aromatic N) is 7. The third kappa shape index (κ3) is 3.25. The molecule has 1 N–H and O–H groups in total. The molecule has 0 radical (unpaired) electrons. The van der Waals surface area contributed by atoms with Gasteiger partial charge < -0.3 is 5.11 Å². The van der Waals surface area contributed by atoms with Gasteiger partial charge in [0, 0.05) is 17.1 Å². The average molecular weight is 427 g/mol. The molecule has 0 atom stereocenters. The minimum atomic E-state index is -0.521. The molecule has 0 saturated heterocycles. The number of rotatable bonds is 5. The van der Waals surface area contributed by atoms with Crippen molar-refractivity contribution < 1.29 is 5.11 Å². The first-order valence-electron chi connectivity index (χ1n) is 9.81. The third-order valence-corrected chi connectivity index (χ3v) is 6.64. The number of hydrogen-bond acceptors (Lipinski definition) is 8. The number of fused-ring (bicyclic) bond motifs is 1. The summed E-state index contributed by atoms with van der Waals surface area (Å²) in [7, 11) is 0. The summed E-state index contributed by atoms with van der Waals surface area (Å²) in [5.41, 5.74) is 3.44. The molecule has 3 aromatic heterocycles. The fourth-order valence-electron chi connectivity index (χ4n) is 4.15. The van der Waals surface area contributed by atoms with Gasteiger partial charge in [-0.25, -0.2) is 0 Å². The van der Waals surface area contributed by atoms with Gasteiger partial charge in [0.05, 0.1) is 58.9 Å². The van der Waals surface area contributed by atoms with E-state index in [1.165, 1.54) is 11.5 Å². The fraction of sp³-hybridized carbons (Fsp3) is 0.273. The van der Waals surface area contributed by atoms with Gasteiger partial charge in [0.2, 0.25) is 0 Å². The van der Waals surface area contributed by atoms with Gasteiger partial charge in [-0.15, -0.1) is 0 Å². The van der Waals surface area contributed by atoms with E-state index in [4.69, 9.17) is 5.10 Å². The van der Waals surface area contributed by atoms with Crippen molar-refractivity contribution in [2.24, 2.45) is 5.92 Å². The number of hydrogen-bond donors (Lipinski definition) is 1. The van der Waals surface area contributed by atoms with Crippen LogP contribution in [-0.2, 0) is 12.1 Å². The zero-order valence-electron chi connectivity index (χ0n) is 16.4. The SMILES string of the molecule is N#CC[C@]1(n2ncc(-c3cc(-c4cc(CO)ns4)cc4ncccc34)n2)C[C@H](C#N)C1. The van der Waals surface area contributed by atoms with Crippen LogP contribution in [0.25, 0.3) is 32.6 Å². The van der Waals surface area contributed by atoms with Gasteiger partial charge in [-0.1, -0.05) is 6.07 Å². The summed E-state index contributed by atoms with van der Waals surface area (Å²) in [6.45, 7) is -0.103. The first kappa shape index (κ1) is 19.3. The standard InChI is InChI=1S/C22H17N7OS/c23-4-3-22(9-14(10-22)11-24)29-26-12-20(27-29)18-6-15(21-8-16(13-30)28-31-21)7-19-17(18)2-1-5-25-19/h1-2,5-8,12,14,30H,3,9-10,13H2/t14-,22-. The summed E-state index contributed by atoms with van der Waals surface area (Å²) >= 11 is 1.33. The van der Waals surface area contributed by atoms with Gasteiger partial charge in [-0.05, 0) is 54.2 Å². The van der Waals surface area contributed by atoms with E-state index in [0.29, 0.717) is 24.2 Å². The van der Waals surface area contributed by atoms with Crippen molar-refractivity contribution in [2.45, 2.75) is 31.4 Å². The molecule has 152 valence electrons. The Morgan fingerprint density at radius 3 is 2.87 bits per heavy atom. The smallest absolute Gasteiger partial charge is 0.113 e. The van der Waals surface area contributed by atoms with E-state index in [1.807, 2.05) is 30.3 Å². The van der Waals surface area contributed by atoms with Crippen molar-refractivity contribution >= 4 is 22.4 Å². The van der Waals surface area contributed by atoms with E-state index in [1.54, 1.807) is 17.2 Å². The number of aliphatic hydroxyl groups excluding tert-OH is 1. The molecule has 31 heavy (non-hydrogen) atoms. The Kier molecular flexibility index (Phi) is 4.70. The molecule has 0 amide bonds. The quantitative estimate of drug-likeness (QED) is 0.515. The molecule has 0 spiro atoms. The number of pyridine rings is 1. The lowest BCUT2D eigenvalue weighted by atomic mass is 9.68. The van der Waals surface area contributed by atoms with Crippen LogP contribution in [0.5, 0.6) is 0 Å². The third-order valence-electron chi connectivity index (χ3n) is 5.76. The molecule has 1 saturated carbocycles. The molecule has 0 aliphatic heterocycles. The van der Waals surface area contributed by atoms with Crippen LogP contribution in [0.1, 0.15) is 25.0 Å². The van der Waals surface area contributed by atoms with E-state index in [2.05, 4.69) is 26.6 Å². The number of nitriles is 2. The van der Waals surface area contributed by atoms with Crippen LogP contribution < -0.4 is 0 Å². The lowest BCUT2D eigenvalue weighted by Gasteiger charge is -2.42. The Morgan fingerprint density at radius 1 is 1.26 bits per heavy atom. The van der Waals surface area contributed by atoms with Crippen LogP contribution in [0.2, 0.25) is 0 Å². The lowest BCUT2D eigenvalue weighted by molar-refractivity contribution is 0.0713. The number of benzene rings is 1. The van der Waals surface area contributed by atoms with Gasteiger partial charge in [0.25, 0.3) is 0 Å². The Labute approximate surface area is 182 Å². The van der Waals surface area contributed by atoms with Crippen molar-refractivity contribution in [3.8, 4) is 33.8 Å². The van der Waals surface area contributed by atoms with Gasteiger partial charge in [-0.2, -0.15) is 29.9 Å².